The van der Waals surface area contributed by atoms with Crippen molar-refractivity contribution in [3.05, 3.63) is 71.4 Å². The van der Waals surface area contributed by atoms with Gasteiger partial charge in [-0.3, -0.25) is 10.1 Å². The van der Waals surface area contributed by atoms with Gasteiger partial charge in [-0.2, -0.15) is 0 Å². The molecular formula is C21H22N6O2. The number of aliphatic hydroxyl groups is 1. The Morgan fingerprint density at radius 1 is 1.24 bits per heavy atom. The predicted octanol–water partition coefficient (Wildman–Crippen LogP) is 1.89. The fourth-order valence-corrected chi connectivity index (χ4v) is 4.26. The van der Waals surface area contributed by atoms with Crippen LogP contribution in [0.1, 0.15) is 48.3 Å². The summed E-state index contributed by atoms with van der Waals surface area (Å²) in [6.07, 6.45) is 1.99. The summed E-state index contributed by atoms with van der Waals surface area (Å²) in [5.41, 5.74) is 1.86. The van der Waals surface area contributed by atoms with Crippen molar-refractivity contribution >= 4 is 11.7 Å². The molecule has 5 rings (SSSR count). The molecule has 148 valence electrons. The van der Waals surface area contributed by atoms with Gasteiger partial charge < -0.3 is 15.4 Å². The molecule has 3 aromatic rings. The first-order chi connectivity index (χ1) is 14.0. The van der Waals surface area contributed by atoms with Gasteiger partial charge in [0.05, 0.1) is 6.04 Å². The molecule has 2 aliphatic rings. The Morgan fingerprint density at radius 2 is 2.07 bits per heavy atom. The number of H-pyrrole nitrogens is 1. The Hall–Kier alpha value is -3.10. The van der Waals surface area contributed by atoms with Gasteiger partial charge in [0.2, 0.25) is 5.91 Å². The van der Waals surface area contributed by atoms with Crippen LogP contribution in [0.4, 0.5) is 5.82 Å². The van der Waals surface area contributed by atoms with Crippen molar-refractivity contribution in [2.75, 3.05) is 5.32 Å². The number of nitrogens with zero attached hydrogens (tertiary/aromatic N) is 3. The van der Waals surface area contributed by atoms with Crippen molar-refractivity contribution in [2.24, 2.45) is 5.41 Å². The number of carbonyl (C=O) groups excluding carboxylic acids is 1. The zero-order valence-electron chi connectivity index (χ0n) is 16.0. The highest BCUT2D eigenvalue weighted by Gasteiger charge is 2.60. The summed E-state index contributed by atoms with van der Waals surface area (Å²) in [5, 5.41) is 24.8. The molecule has 1 aliphatic heterocycles. The van der Waals surface area contributed by atoms with E-state index in [1.54, 1.807) is 6.20 Å². The molecule has 1 saturated carbocycles. The van der Waals surface area contributed by atoms with E-state index in [2.05, 4.69) is 37.7 Å². The Labute approximate surface area is 167 Å². The van der Waals surface area contributed by atoms with Gasteiger partial charge in [-0.15, -0.1) is 10.2 Å². The summed E-state index contributed by atoms with van der Waals surface area (Å²) >= 11 is 0. The largest absolute Gasteiger partial charge is 0.371 e. The maximum Gasteiger partial charge on any atom is 0.243 e. The lowest BCUT2D eigenvalue weighted by molar-refractivity contribution is -0.120. The standard InChI is InChI=1S/C21H22N6O2/c1-21-11-14(21)13-8-5-9-22-17(13)25-19(28)16(21)24-20(29)18-23-15(26-27-18)10-12-6-3-2-4-7-12/h2-9,14,16,20,24,29H,10-11H2,1H3,(H,22,25,28)(H,23,26,27)/t14-,16+,20?,21?/m0/s1. The minimum atomic E-state index is -1.13. The van der Waals surface area contributed by atoms with Gasteiger partial charge in [0.25, 0.3) is 0 Å². The molecule has 1 aromatic carbocycles. The normalized spacial score (nSPS) is 26.1. The maximum absolute atomic E-state index is 12.9. The molecule has 4 atom stereocenters. The maximum atomic E-state index is 12.9. The summed E-state index contributed by atoms with van der Waals surface area (Å²) in [5.74, 6) is 1.58. The van der Waals surface area contributed by atoms with Crippen molar-refractivity contribution in [3.8, 4) is 0 Å². The molecule has 0 radical (unpaired) electrons. The lowest BCUT2D eigenvalue weighted by atomic mass is 9.93. The van der Waals surface area contributed by atoms with Crippen LogP contribution < -0.4 is 10.6 Å². The molecule has 2 aromatic heterocycles. The van der Waals surface area contributed by atoms with Gasteiger partial charge in [0.15, 0.2) is 12.1 Å². The molecular weight excluding hydrogens is 368 g/mol. The molecule has 8 nitrogen and oxygen atoms in total. The summed E-state index contributed by atoms with van der Waals surface area (Å²) in [4.78, 5) is 20.2. The second-order valence-corrected chi connectivity index (χ2v) is 8.01. The monoisotopic (exact) mass is 390 g/mol. The van der Waals surface area contributed by atoms with Gasteiger partial charge in [0, 0.05) is 12.6 Å². The number of aromatic amines is 1. The van der Waals surface area contributed by atoms with Crippen LogP contribution >= 0.6 is 0 Å². The fourth-order valence-electron chi connectivity index (χ4n) is 4.26. The second kappa shape index (κ2) is 6.75. The Balaban J connectivity index is 1.32. The second-order valence-electron chi connectivity index (χ2n) is 8.01. The quantitative estimate of drug-likeness (QED) is 0.495. The van der Waals surface area contributed by atoms with Crippen molar-refractivity contribution in [1.29, 1.82) is 0 Å². The number of nitrogens with one attached hydrogen (secondary N) is 3. The zero-order chi connectivity index (χ0) is 20.0. The third-order valence-corrected chi connectivity index (χ3v) is 6.01. The van der Waals surface area contributed by atoms with Gasteiger partial charge in [-0.1, -0.05) is 43.3 Å². The number of amides is 1. The van der Waals surface area contributed by atoms with E-state index in [0.29, 0.717) is 23.9 Å². The van der Waals surface area contributed by atoms with Crippen LogP contribution in [-0.4, -0.2) is 37.2 Å². The highest BCUT2D eigenvalue weighted by atomic mass is 16.3. The molecule has 8 heteroatoms. The number of hydrogen-bond donors (Lipinski definition) is 4. The first kappa shape index (κ1) is 18.0. The van der Waals surface area contributed by atoms with Crippen LogP contribution in [0.25, 0.3) is 0 Å². The van der Waals surface area contributed by atoms with Crippen LogP contribution in [0.2, 0.25) is 0 Å². The number of hydrogen-bond acceptors (Lipinski definition) is 6. The lowest BCUT2D eigenvalue weighted by Gasteiger charge is -2.25. The van der Waals surface area contributed by atoms with Crippen LogP contribution in [0, 0.1) is 5.41 Å². The van der Waals surface area contributed by atoms with Gasteiger partial charge in [0.1, 0.15) is 11.6 Å². The van der Waals surface area contributed by atoms with Gasteiger partial charge in [-0.25, -0.2) is 4.98 Å². The van der Waals surface area contributed by atoms with E-state index in [-0.39, 0.29) is 17.2 Å². The first-order valence-corrected chi connectivity index (χ1v) is 9.70. The van der Waals surface area contributed by atoms with E-state index >= 15 is 0 Å². The number of aromatic nitrogens is 4. The van der Waals surface area contributed by atoms with Gasteiger partial charge >= 0.3 is 0 Å². The van der Waals surface area contributed by atoms with E-state index in [1.165, 1.54) is 0 Å². The summed E-state index contributed by atoms with van der Waals surface area (Å²) in [6.45, 7) is 2.06. The van der Waals surface area contributed by atoms with Crippen LogP contribution in [-0.2, 0) is 11.2 Å². The van der Waals surface area contributed by atoms with E-state index in [4.69, 9.17) is 0 Å². The van der Waals surface area contributed by atoms with E-state index < -0.39 is 12.3 Å². The predicted molar refractivity (Wildman–Crippen MR) is 106 cm³/mol. The molecule has 0 spiro atoms. The molecule has 1 aliphatic carbocycles. The smallest absolute Gasteiger partial charge is 0.243 e. The highest BCUT2D eigenvalue weighted by Crippen LogP contribution is 2.63. The van der Waals surface area contributed by atoms with Crippen LogP contribution in [0.3, 0.4) is 0 Å². The molecule has 4 N–H and O–H groups in total. The van der Waals surface area contributed by atoms with E-state index in [0.717, 1.165) is 17.5 Å². The van der Waals surface area contributed by atoms with Crippen molar-refractivity contribution in [3.63, 3.8) is 0 Å². The van der Waals surface area contributed by atoms with Crippen molar-refractivity contribution in [2.45, 2.75) is 38.0 Å². The third-order valence-electron chi connectivity index (χ3n) is 6.01. The molecule has 0 bridgehead atoms. The third kappa shape index (κ3) is 3.20. The molecule has 29 heavy (non-hydrogen) atoms. The van der Waals surface area contributed by atoms with E-state index in [9.17, 15) is 9.90 Å². The Morgan fingerprint density at radius 3 is 2.90 bits per heavy atom. The van der Waals surface area contributed by atoms with Crippen molar-refractivity contribution in [1.82, 2.24) is 25.5 Å². The van der Waals surface area contributed by atoms with Crippen LogP contribution in [0.15, 0.2) is 48.7 Å². The number of rotatable bonds is 5. The first-order valence-electron chi connectivity index (χ1n) is 9.70. The number of anilines is 1. The lowest BCUT2D eigenvalue weighted by Crippen LogP contribution is -2.47. The minimum absolute atomic E-state index is 0.199. The molecule has 1 amide bonds. The minimum Gasteiger partial charge on any atom is -0.371 e. The average molecular weight is 390 g/mol. The van der Waals surface area contributed by atoms with Crippen molar-refractivity contribution < 1.29 is 9.90 Å². The number of aliphatic hydroxyl groups excluding tert-OH is 1. The number of benzene rings is 1. The van der Waals surface area contributed by atoms with Crippen LogP contribution in [0.5, 0.6) is 0 Å². The Kier molecular flexibility index (Phi) is 4.18. The topological polar surface area (TPSA) is 116 Å². The summed E-state index contributed by atoms with van der Waals surface area (Å²) in [6, 6.07) is 13.2. The number of fused-ring (bicyclic) bond motifs is 3. The molecule has 1 fully saturated rings. The highest BCUT2D eigenvalue weighted by molar-refractivity contribution is 5.97. The van der Waals surface area contributed by atoms with Gasteiger partial charge in [-0.05, 0) is 34.9 Å². The summed E-state index contributed by atoms with van der Waals surface area (Å²) in [7, 11) is 0. The molecule has 0 saturated heterocycles. The average Bonchev–Trinajstić information content (AvgIpc) is 3.20. The summed E-state index contributed by atoms with van der Waals surface area (Å²) < 4.78 is 0. The number of carbonyl (C=O) groups is 1. The SMILES string of the molecule is CC12C[C@H]1c1cccnc1NC(=O)[C@H]2NC(O)c1nnc(Cc2ccccc2)[nH]1. The zero-order valence-corrected chi connectivity index (χ0v) is 16.0. The molecule has 3 heterocycles. The molecule has 2 unspecified atom stereocenters. The number of pyridine rings is 1. The fraction of sp³-hybridized carbons (Fsp3) is 0.333. The Bertz CT molecular complexity index is 1050. The van der Waals surface area contributed by atoms with E-state index in [1.807, 2.05) is 42.5 Å².